The van der Waals surface area contributed by atoms with Crippen LogP contribution in [0.25, 0.3) is 0 Å². The van der Waals surface area contributed by atoms with Crippen LogP contribution in [0.1, 0.15) is 25.0 Å². The van der Waals surface area contributed by atoms with E-state index in [0.29, 0.717) is 18.4 Å². The van der Waals surface area contributed by atoms with E-state index >= 15 is 0 Å². The van der Waals surface area contributed by atoms with Crippen LogP contribution >= 0.6 is 0 Å². The quantitative estimate of drug-likeness (QED) is 0.563. The molecule has 1 heterocycles. The van der Waals surface area contributed by atoms with Gasteiger partial charge in [-0.3, -0.25) is 4.68 Å². The van der Waals surface area contributed by atoms with Crippen molar-refractivity contribution in [2.75, 3.05) is 6.61 Å². The molecule has 5 heteroatoms. The number of aromatic nitrogens is 3. The molecule has 0 bridgehead atoms. The second-order valence-corrected chi connectivity index (χ2v) is 3.93. The zero-order valence-electron chi connectivity index (χ0n) is 9.46. The van der Waals surface area contributed by atoms with E-state index in [1.807, 2.05) is 19.3 Å². The van der Waals surface area contributed by atoms with Crippen molar-refractivity contribution in [3.05, 3.63) is 24.0 Å². The van der Waals surface area contributed by atoms with Gasteiger partial charge >= 0.3 is 5.97 Å². The van der Waals surface area contributed by atoms with Crippen molar-refractivity contribution in [1.29, 1.82) is 0 Å². The van der Waals surface area contributed by atoms with Gasteiger partial charge in [0.1, 0.15) is 0 Å². The van der Waals surface area contributed by atoms with Crippen LogP contribution in [0.5, 0.6) is 0 Å². The first-order chi connectivity index (χ1) is 7.70. The Morgan fingerprint density at radius 2 is 2.56 bits per heavy atom. The molecule has 0 aromatic carbocycles. The molecular formula is C11H15N3O2. The lowest BCUT2D eigenvalue weighted by Gasteiger charge is -1.93. The predicted octanol–water partition coefficient (Wildman–Crippen LogP) is 1.04. The van der Waals surface area contributed by atoms with E-state index in [2.05, 4.69) is 10.3 Å². The molecule has 16 heavy (non-hydrogen) atoms. The molecule has 86 valence electrons. The summed E-state index contributed by atoms with van der Waals surface area (Å²) >= 11 is 0. The lowest BCUT2D eigenvalue weighted by molar-refractivity contribution is -0.137. The average molecular weight is 221 g/mol. The molecule has 0 aliphatic heterocycles. The van der Waals surface area contributed by atoms with Gasteiger partial charge in [0.2, 0.25) is 0 Å². The van der Waals surface area contributed by atoms with Crippen molar-refractivity contribution in [2.24, 2.45) is 13.0 Å². The largest absolute Gasteiger partial charge is 0.463 e. The van der Waals surface area contributed by atoms with E-state index in [1.165, 1.54) is 6.08 Å². The van der Waals surface area contributed by atoms with E-state index in [-0.39, 0.29) is 5.97 Å². The fourth-order valence-electron chi connectivity index (χ4n) is 1.70. The van der Waals surface area contributed by atoms with Crippen LogP contribution in [0.2, 0.25) is 0 Å². The first kappa shape index (κ1) is 10.9. The third kappa shape index (κ3) is 2.48. The number of carbonyl (C=O) groups excluding carboxylic acids is 1. The summed E-state index contributed by atoms with van der Waals surface area (Å²) in [4.78, 5) is 11.1. The second kappa shape index (κ2) is 4.47. The molecule has 0 N–H and O–H groups in total. The summed E-state index contributed by atoms with van der Waals surface area (Å²) in [7, 11) is 1.85. The Hall–Kier alpha value is -1.65. The molecule has 2 unspecified atom stereocenters. The van der Waals surface area contributed by atoms with E-state index < -0.39 is 0 Å². The number of hydrogen-bond donors (Lipinski definition) is 0. The molecule has 0 amide bonds. The molecule has 1 aliphatic rings. The van der Waals surface area contributed by atoms with Crippen LogP contribution in [0.15, 0.2) is 18.3 Å². The van der Waals surface area contributed by atoms with Crippen molar-refractivity contribution in [2.45, 2.75) is 19.3 Å². The SMILES string of the molecule is CCOC(=O)C=CC1CC1c1cn(C)nn1. The highest BCUT2D eigenvalue weighted by molar-refractivity contribution is 5.82. The van der Waals surface area contributed by atoms with Gasteiger partial charge in [0.15, 0.2) is 0 Å². The second-order valence-electron chi connectivity index (χ2n) is 3.93. The summed E-state index contributed by atoms with van der Waals surface area (Å²) in [6.45, 7) is 2.21. The Kier molecular flexibility index (Phi) is 3.03. The number of hydrogen-bond acceptors (Lipinski definition) is 4. The summed E-state index contributed by atoms with van der Waals surface area (Å²) in [6.07, 6.45) is 6.36. The third-order valence-electron chi connectivity index (χ3n) is 2.61. The first-order valence-corrected chi connectivity index (χ1v) is 5.42. The maximum atomic E-state index is 11.1. The van der Waals surface area contributed by atoms with Gasteiger partial charge in [0.25, 0.3) is 0 Å². The van der Waals surface area contributed by atoms with Crippen molar-refractivity contribution in [3.8, 4) is 0 Å². The topological polar surface area (TPSA) is 57.0 Å². The van der Waals surface area contributed by atoms with Crippen LogP contribution in [-0.2, 0) is 16.6 Å². The molecule has 1 fully saturated rings. The minimum absolute atomic E-state index is 0.271. The van der Waals surface area contributed by atoms with Gasteiger partial charge in [0.05, 0.1) is 12.3 Å². The van der Waals surface area contributed by atoms with Gasteiger partial charge < -0.3 is 4.74 Å². The van der Waals surface area contributed by atoms with E-state index in [1.54, 1.807) is 11.6 Å². The minimum atomic E-state index is -0.271. The van der Waals surface area contributed by atoms with Gasteiger partial charge in [-0.05, 0) is 19.3 Å². The Balaban J connectivity index is 1.85. The van der Waals surface area contributed by atoms with E-state index in [9.17, 15) is 4.79 Å². The smallest absolute Gasteiger partial charge is 0.330 e. The number of nitrogens with zero attached hydrogens (tertiary/aromatic N) is 3. The molecular weight excluding hydrogens is 206 g/mol. The molecule has 1 aliphatic carbocycles. The molecule has 0 saturated heterocycles. The fourth-order valence-corrected chi connectivity index (χ4v) is 1.70. The molecule has 0 spiro atoms. The molecule has 2 atom stereocenters. The van der Waals surface area contributed by atoms with Crippen molar-refractivity contribution in [3.63, 3.8) is 0 Å². The van der Waals surface area contributed by atoms with Crippen molar-refractivity contribution in [1.82, 2.24) is 15.0 Å². The molecule has 0 radical (unpaired) electrons. The van der Waals surface area contributed by atoms with Gasteiger partial charge in [0, 0.05) is 25.2 Å². The summed E-state index contributed by atoms with van der Waals surface area (Å²) in [6, 6.07) is 0. The first-order valence-electron chi connectivity index (χ1n) is 5.42. The molecule has 1 aromatic rings. The Labute approximate surface area is 94.1 Å². The highest BCUT2D eigenvalue weighted by atomic mass is 16.5. The number of aryl methyl sites for hydroxylation is 1. The highest BCUT2D eigenvalue weighted by Crippen LogP contribution is 2.47. The number of ether oxygens (including phenoxy) is 1. The van der Waals surface area contributed by atoms with Crippen LogP contribution in [0, 0.1) is 5.92 Å². The van der Waals surface area contributed by atoms with Crippen LogP contribution in [0.3, 0.4) is 0 Å². The summed E-state index contributed by atoms with van der Waals surface area (Å²) < 4.78 is 6.50. The molecule has 1 saturated carbocycles. The zero-order chi connectivity index (χ0) is 11.5. The number of rotatable bonds is 4. The maximum Gasteiger partial charge on any atom is 0.330 e. The van der Waals surface area contributed by atoms with Gasteiger partial charge in [-0.2, -0.15) is 0 Å². The summed E-state index contributed by atoms with van der Waals surface area (Å²) in [5.41, 5.74) is 1.00. The van der Waals surface area contributed by atoms with Crippen LogP contribution in [-0.4, -0.2) is 27.6 Å². The Morgan fingerprint density at radius 3 is 3.19 bits per heavy atom. The van der Waals surface area contributed by atoms with E-state index in [0.717, 1.165) is 12.1 Å². The lowest BCUT2D eigenvalue weighted by atomic mass is 10.2. The monoisotopic (exact) mass is 221 g/mol. The van der Waals surface area contributed by atoms with Crippen molar-refractivity contribution >= 4 is 5.97 Å². The predicted molar refractivity (Wildman–Crippen MR) is 57.6 cm³/mol. The Morgan fingerprint density at radius 1 is 1.75 bits per heavy atom. The van der Waals surface area contributed by atoms with Gasteiger partial charge in [-0.15, -0.1) is 5.10 Å². The number of carbonyl (C=O) groups is 1. The summed E-state index contributed by atoms with van der Waals surface area (Å²) in [5.74, 6) is 0.549. The fraction of sp³-hybridized carbons (Fsp3) is 0.545. The third-order valence-corrected chi connectivity index (χ3v) is 2.61. The van der Waals surface area contributed by atoms with Crippen molar-refractivity contribution < 1.29 is 9.53 Å². The molecule has 1 aromatic heterocycles. The van der Waals surface area contributed by atoms with Crippen LogP contribution in [0.4, 0.5) is 0 Å². The number of allylic oxidation sites excluding steroid dienone is 1. The molecule has 5 nitrogen and oxygen atoms in total. The highest BCUT2D eigenvalue weighted by Gasteiger charge is 2.38. The zero-order valence-corrected chi connectivity index (χ0v) is 9.46. The summed E-state index contributed by atoms with van der Waals surface area (Å²) in [5, 5.41) is 7.94. The standard InChI is InChI=1S/C11H15N3O2/c1-3-16-11(15)5-4-8-6-9(8)10-7-14(2)13-12-10/h4-5,7-9H,3,6H2,1-2H3. The number of esters is 1. The maximum absolute atomic E-state index is 11.1. The van der Waals surface area contributed by atoms with E-state index in [4.69, 9.17) is 4.74 Å². The van der Waals surface area contributed by atoms with Gasteiger partial charge in [-0.25, -0.2) is 4.79 Å². The van der Waals surface area contributed by atoms with Crippen LogP contribution < -0.4 is 0 Å². The average Bonchev–Trinajstić information content (AvgIpc) is 2.90. The van der Waals surface area contributed by atoms with Gasteiger partial charge in [-0.1, -0.05) is 11.3 Å². The normalized spacial score (nSPS) is 23.6. The lowest BCUT2D eigenvalue weighted by Crippen LogP contribution is -1.98. The minimum Gasteiger partial charge on any atom is -0.463 e. The molecule has 2 rings (SSSR count). The Bertz CT molecular complexity index is 411.